The number of nitrogens with one attached hydrogen (secondary N) is 1. The molecule has 3 atom stereocenters. The van der Waals surface area contributed by atoms with Gasteiger partial charge in [0.25, 0.3) is 0 Å². The van der Waals surface area contributed by atoms with E-state index in [-0.39, 0.29) is 29.9 Å². The highest BCUT2D eigenvalue weighted by Gasteiger charge is 2.28. The Morgan fingerprint density at radius 2 is 2.06 bits per heavy atom. The molecule has 3 rings (SSSR count). The molecule has 0 aliphatic carbocycles. The van der Waals surface area contributed by atoms with Crippen LogP contribution in [0.1, 0.15) is 38.8 Å². The molecule has 1 aromatic carbocycles. The molecule has 8 nitrogen and oxygen atoms in total. The summed E-state index contributed by atoms with van der Waals surface area (Å²) in [4.78, 5) is 23.6. The summed E-state index contributed by atoms with van der Waals surface area (Å²) in [6, 6.07) is 7.66. The van der Waals surface area contributed by atoms with E-state index < -0.39 is 5.82 Å². The fourth-order valence-electron chi connectivity index (χ4n) is 3.72. The first kappa shape index (κ1) is 23.7. The summed E-state index contributed by atoms with van der Waals surface area (Å²) in [6.07, 6.45) is 1.91. The number of rotatable bonds is 9. The standard InChI is InChI=1S/C23H32FN5O3/c1-15(14-31-5)28(4)23-25-12-21(24)22(27-23)29-11-10-20(13-29)32-19-8-6-18(7-9-19)16(2)26-17(3)30/h6-9,12,15-16,20H,10-11,13-14H2,1-5H3,(H,26,30)/t15-,16+,20-/m1/s1. The number of likely N-dealkylation sites (N-methyl/N-ethyl adjacent to an activating group) is 1. The van der Waals surface area contributed by atoms with E-state index in [2.05, 4.69) is 15.3 Å². The van der Waals surface area contributed by atoms with E-state index in [0.29, 0.717) is 25.6 Å². The van der Waals surface area contributed by atoms with Gasteiger partial charge in [-0.25, -0.2) is 9.37 Å². The Morgan fingerprint density at radius 1 is 1.34 bits per heavy atom. The summed E-state index contributed by atoms with van der Waals surface area (Å²) in [7, 11) is 3.51. The lowest BCUT2D eigenvalue weighted by atomic mass is 10.1. The van der Waals surface area contributed by atoms with Crippen LogP contribution in [0.5, 0.6) is 5.75 Å². The van der Waals surface area contributed by atoms with Crippen LogP contribution in [0.3, 0.4) is 0 Å². The molecule has 1 saturated heterocycles. The third-order valence-corrected chi connectivity index (χ3v) is 5.64. The summed E-state index contributed by atoms with van der Waals surface area (Å²) in [6.45, 7) is 7.14. The second-order valence-corrected chi connectivity index (χ2v) is 8.22. The van der Waals surface area contributed by atoms with E-state index in [9.17, 15) is 9.18 Å². The highest BCUT2D eigenvalue weighted by Crippen LogP contribution is 2.26. The maximum Gasteiger partial charge on any atom is 0.227 e. The van der Waals surface area contributed by atoms with Crippen molar-refractivity contribution in [2.45, 2.75) is 45.4 Å². The van der Waals surface area contributed by atoms with E-state index in [1.165, 1.54) is 13.1 Å². The normalized spacial score (nSPS) is 17.7. The van der Waals surface area contributed by atoms with Crippen LogP contribution in [-0.2, 0) is 9.53 Å². The van der Waals surface area contributed by atoms with E-state index >= 15 is 0 Å². The maximum atomic E-state index is 14.5. The Bertz CT molecular complexity index is 911. The van der Waals surface area contributed by atoms with Crippen LogP contribution in [0.4, 0.5) is 16.2 Å². The average Bonchev–Trinajstić information content (AvgIpc) is 3.22. The smallest absolute Gasteiger partial charge is 0.227 e. The zero-order valence-corrected chi connectivity index (χ0v) is 19.3. The first-order valence-electron chi connectivity index (χ1n) is 10.8. The number of hydrogen-bond acceptors (Lipinski definition) is 7. The van der Waals surface area contributed by atoms with Crippen LogP contribution in [0, 0.1) is 5.82 Å². The van der Waals surface area contributed by atoms with Gasteiger partial charge in [-0.2, -0.15) is 4.98 Å². The molecule has 9 heteroatoms. The molecule has 0 spiro atoms. The van der Waals surface area contributed by atoms with Crippen molar-refractivity contribution >= 4 is 17.7 Å². The van der Waals surface area contributed by atoms with Gasteiger partial charge >= 0.3 is 0 Å². The zero-order valence-electron chi connectivity index (χ0n) is 19.3. The number of aromatic nitrogens is 2. The van der Waals surface area contributed by atoms with E-state index in [1.807, 2.05) is 55.0 Å². The van der Waals surface area contributed by atoms with Gasteiger partial charge in [-0.05, 0) is 31.5 Å². The van der Waals surface area contributed by atoms with Gasteiger partial charge in [-0.3, -0.25) is 4.79 Å². The van der Waals surface area contributed by atoms with Gasteiger partial charge in [0, 0.05) is 34.0 Å². The maximum absolute atomic E-state index is 14.5. The second-order valence-electron chi connectivity index (χ2n) is 8.22. The number of methoxy groups -OCH3 is 1. The molecule has 0 unspecified atom stereocenters. The Morgan fingerprint density at radius 3 is 2.72 bits per heavy atom. The van der Waals surface area contributed by atoms with Crippen molar-refractivity contribution in [3.63, 3.8) is 0 Å². The molecule has 0 bridgehead atoms. The van der Waals surface area contributed by atoms with Crippen LogP contribution in [0.25, 0.3) is 0 Å². The van der Waals surface area contributed by atoms with Crippen LogP contribution in [0.15, 0.2) is 30.5 Å². The fraction of sp³-hybridized carbons (Fsp3) is 0.522. The summed E-state index contributed by atoms with van der Waals surface area (Å²) < 4.78 is 25.8. The molecule has 32 heavy (non-hydrogen) atoms. The van der Waals surface area contributed by atoms with Gasteiger partial charge in [0.1, 0.15) is 11.9 Å². The average molecular weight is 446 g/mol. The molecular weight excluding hydrogens is 413 g/mol. The Kier molecular flexibility index (Phi) is 7.84. The predicted octanol–water partition coefficient (Wildman–Crippen LogP) is 2.94. The van der Waals surface area contributed by atoms with E-state index in [1.54, 1.807) is 7.11 Å². The Balaban J connectivity index is 1.63. The fourth-order valence-corrected chi connectivity index (χ4v) is 3.72. The molecule has 1 aliphatic rings. The van der Waals surface area contributed by atoms with Crippen LogP contribution >= 0.6 is 0 Å². The largest absolute Gasteiger partial charge is 0.489 e. The van der Waals surface area contributed by atoms with Crippen LogP contribution in [-0.4, -0.2) is 61.9 Å². The number of anilines is 2. The quantitative estimate of drug-likeness (QED) is 0.636. The number of benzene rings is 1. The number of carbonyl (C=O) groups excluding carboxylic acids is 1. The van der Waals surface area contributed by atoms with Crippen molar-refractivity contribution in [3.05, 3.63) is 41.8 Å². The molecule has 1 fully saturated rings. The van der Waals surface area contributed by atoms with E-state index in [0.717, 1.165) is 17.7 Å². The number of carbonyl (C=O) groups is 1. The number of nitrogens with zero attached hydrogens (tertiary/aromatic N) is 4. The third kappa shape index (κ3) is 5.85. The first-order valence-corrected chi connectivity index (χ1v) is 10.8. The minimum atomic E-state index is -0.446. The molecule has 1 amide bonds. The number of hydrogen-bond donors (Lipinski definition) is 1. The molecule has 0 saturated carbocycles. The van der Waals surface area contributed by atoms with E-state index in [4.69, 9.17) is 9.47 Å². The summed E-state index contributed by atoms with van der Waals surface area (Å²) in [5.74, 6) is 0.977. The molecule has 1 aliphatic heterocycles. The monoisotopic (exact) mass is 445 g/mol. The van der Waals surface area contributed by atoms with Gasteiger partial charge in [-0.15, -0.1) is 0 Å². The van der Waals surface area contributed by atoms with Gasteiger partial charge in [-0.1, -0.05) is 12.1 Å². The summed E-state index contributed by atoms with van der Waals surface area (Å²) >= 11 is 0. The van der Waals surface area contributed by atoms with Crippen molar-refractivity contribution in [2.24, 2.45) is 0 Å². The van der Waals surface area contributed by atoms with Gasteiger partial charge in [0.2, 0.25) is 11.9 Å². The van der Waals surface area contributed by atoms with Crippen molar-refractivity contribution < 1.29 is 18.7 Å². The highest BCUT2D eigenvalue weighted by atomic mass is 19.1. The molecule has 174 valence electrons. The molecular formula is C23H32FN5O3. The molecule has 2 heterocycles. The Hall–Kier alpha value is -2.94. The van der Waals surface area contributed by atoms with Gasteiger partial charge < -0.3 is 24.6 Å². The highest BCUT2D eigenvalue weighted by molar-refractivity contribution is 5.73. The SMILES string of the molecule is COC[C@@H](C)N(C)c1ncc(F)c(N2CC[C@@H](Oc3ccc([C@H](C)NC(C)=O)cc3)C2)n1. The Labute approximate surface area is 188 Å². The first-order chi connectivity index (χ1) is 15.3. The van der Waals surface area contributed by atoms with Crippen molar-refractivity contribution in [1.29, 1.82) is 0 Å². The van der Waals surface area contributed by atoms with Crippen molar-refractivity contribution in [3.8, 4) is 5.75 Å². The summed E-state index contributed by atoms with van der Waals surface area (Å²) in [5.41, 5.74) is 1.00. The van der Waals surface area contributed by atoms with Crippen molar-refractivity contribution in [1.82, 2.24) is 15.3 Å². The molecule has 0 radical (unpaired) electrons. The number of halogens is 1. The topological polar surface area (TPSA) is 79.8 Å². The van der Waals surface area contributed by atoms with Crippen molar-refractivity contribution in [2.75, 3.05) is 43.7 Å². The predicted molar refractivity (Wildman–Crippen MR) is 122 cm³/mol. The van der Waals surface area contributed by atoms with Crippen LogP contribution < -0.4 is 19.9 Å². The minimum Gasteiger partial charge on any atom is -0.489 e. The second kappa shape index (κ2) is 10.6. The number of amides is 1. The molecule has 1 aromatic heterocycles. The molecule has 2 aromatic rings. The lowest BCUT2D eigenvalue weighted by Crippen LogP contribution is -2.34. The summed E-state index contributed by atoms with van der Waals surface area (Å²) in [5, 5.41) is 2.86. The lowest BCUT2D eigenvalue weighted by molar-refractivity contribution is -0.119. The lowest BCUT2D eigenvalue weighted by Gasteiger charge is -2.26. The number of ether oxygens (including phenoxy) is 2. The zero-order chi connectivity index (χ0) is 23.3. The van der Waals surface area contributed by atoms with Crippen LogP contribution in [0.2, 0.25) is 0 Å². The van der Waals surface area contributed by atoms with Gasteiger partial charge in [0.15, 0.2) is 11.6 Å². The minimum absolute atomic E-state index is 0.0595. The van der Waals surface area contributed by atoms with Gasteiger partial charge in [0.05, 0.1) is 31.4 Å². The third-order valence-electron chi connectivity index (χ3n) is 5.64. The molecule has 1 N–H and O–H groups in total.